The molecule has 2 heterocycles. The first-order chi connectivity index (χ1) is 20.3. The number of nitrogens with two attached hydrogens (primary N) is 2. The van der Waals surface area contributed by atoms with Crippen LogP contribution in [0.1, 0.15) is 75.3 Å². The maximum atomic E-state index is 12.9. The van der Waals surface area contributed by atoms with E-state index in [-0.39, 0.29) is 23.6 Å². The minimum absolute atomic E-state index is 0.0396. The minimum atomic E-state index is -0.478. The molecule has 226 valence electrons. The van der Waals surface area contributed by atoms with Gasteiger partial charge < -0.3 is 31.9 Å². The number of nitrogens with one attached hydrogen (secondary N) is 2. The number of amides is 4. The van der Waals surface area contributed by atoms with E-state index in [0.29, 0.717) is 76.1 Å². The van der Waals surface area contributed by atoms with E-state index in [1.807, 2.05) is 48.5 Å². The predicted octanol–water partition coefficient (Wildman–Crippen LogP) is 3.11. The third-order valence-electron chi connectivity index (χ3n) is 8.00. The highest BCUT2D eigenvalue weighted by Crippen LogP contribution is 2.18. The molecule has 2 aromatic rings. The molecular weight excluding hydrogens is 532 g/mol. The zero-order valence-corrected chi connectivity index (χ0v) is 24.4. The van der Waals surface area contributed by atoms with Gasteiger partial charge in [0.15, 0.2) is 0 Å². The standard InChI is InChI=1S/C32H44N6O4/c33-25-15-11-23(12-16-25)21-37-19-5-7-27(31(37)41)35-29(39)9-3-1-2-4-10-30(40)36-28-8-6-20-38(32(28)42)22-24-13-17-26(34)18-14-24/h11-18,27-28H,1-10,19-22,33-34H2,(H,35,39)(H,36,40). The van der Waals surface area contributed by atoms with Crippen LogP contribution in [-0.2, 0) is 32.3 Å². The van der Waals surface area contributed by atoms with Gasteiger partial charge >= 0.3 is 0 Å². The second-order valence-electron chi connectivity index (χ2n) is 11.4. The van der Waals surface area contributed by atoms with E-state index in [2.05, 4.69) is 10.6 Å². The quantitative estimate of drug-likeness (QED) is 0.213. The van der Waals surface area contributed by atoms with Crippen LogP contribution in [-0.4, -0.2) is 58.6 Å². The molecule has 0 aliphatic carbocycles. The Labute approximate surface area is 248 Å². The first-order valence-electron chi connectivity index (χ1n) is 15.1. The van der Waals surface area contributed by atoms with Gasteiger partial charge in [0, 0.05) is 50.4 Å². The SMILES string of the molecule is Nc1ccc(CN2CCCC(NC(=O)CCCCCCC(=O)NC3CCCN(Cc4ccc(N)cc4)C3=O)C2=O)cc1. The first kappa shape index (κ1) is 30.9. The number of hydrogen-bond acceptors (Lipinski definition) is 6. The minimum Gasteiger partial charge on any atom is -0.399 e. The van der Waals surface area contributed by atoms with Crippen molar-refractivity contribution >= 4 is 35.0 Å². The third kappa shape index (κ3) is 9.22. The number of nitrogens with zero attached hydrogens (tertiary/aromatic N) is 2. The van der Waals surface area contributed by atoms with Gasteiger partial charge in [-0.1, -0.05) is 37.1 Å². The molecule has 2 aliphatic rings. The van der Waals surface area contributed by atoms with Gasteiger partial charge in [-0.2, -0.15) is 0 Å². The van der Waals surface area contributed by atoms with Gasteiger partial charge in [-0.05, 0) is 73.9 Å². The van der Waals surface area contributed by atoms with E-state index in [0.717, 1.165) is 36.8 Å². The summed E-state index contributed by atoms with van der Waals surface area (Å²) in [6.07, 6.45) is 6.75. The van der Waals surface area contributed by atoms with Gasteiger partial charge in [-0.3, -0.25) is 19.2 Å². The largest absolute Gasteiger partial charge is 0.399 e. The average Bonchev–Trinajstić information content (AvgIpc) is 2.97. The summed E-state index contributed by atoms with van der Waals surface area (Å²) in [4.78, 5) is 54.4. The monoisotopic (exact) mass is 576 g/mol. The summed E-state index contributed by atoms with van der Waals surface area (Å²) in [6, 6.07) is 14.0. The number of likely N-dealkylation sites (tertiary alicyclic amines) is 2. The molecular formula is C32H44N6O4. The maximum absolute atomic E-state index is 12.9. The van der Waals surface area contributed by atoms with Crippen molar-refractivity contribution in [3.05, 3.63) is 59.7 Å². The molecule has 0 aromatic heterocycles. The van der Waals surface area contributed by atoms with Crippen molar-refractivity contribution in [2.24, 2.45) is 0 Å². The van der Waals surface area contributed by atoms with Crippen LogP contribution >= 0.6 is 0 Å². The molecule has 42 heavy (non-hydrogen) atoms. The molecule has 2 saturated heterocycles. The molecule has 2 unspecified atom stereocenters. The normalized spacial score (nSPS) is 19.0. The van der Waals surface area contributed by atoms with Gasteiger partial charge in [0.2, 0.25) is 23.6 Å². The topological polar surface area (TPSA) is 151 Å². The Hall–Kier alpha value is -4.08. The van der Waals surface area contributed by atoms with Crippen molar-refractivity contribution in [2.45, 2.75) is 89.4 Å². The molecule has 0 bridgehead atoms. The molecule has 0 spiro atoms. The van der Waals surface area contributed by atoms with Crippen molar-refractivity contribution in [3.63, 3.8) is 0 Å². The van der Waals surface area contributed by atoms with E-state index in [1.165, 1.54) is 0 Å². The Morgan fingerprint density at radius 3 is 1.40 bits per heavy atom. The fourth-order valence-corrected chi connectivity index (χ4v) is 5.61. The molecule has 2 aromatic carbocycles. The second kappa shape index (κ2) is 15.2. The Morgan fingerprint density at radius 1 is 0.643 bits per heavy atom. The molecule has 0 radical (unpaired) electrons. The summed E-state index contributed by atoms with van der Waals surface area (Å²) in [6.45, 7) is 2.38. The summed E-state index contributed by atoms with van der Waals surface area (Å²) < 4.78 is 0. The Bertz CT molecular complexity index is 1120. The number of hydrogen-bond donors (Lipinski definition) is 4. The number of nitrogen functional groups attached to an aromatic ring is 2. The lowest BCUT2D eigenvalue weighted by atomic mass is 10.0. The van der Waals surface area contributed by atoms with E-state index in [9.17, 15) is 19.2 Å². The van der Waals surface area contributed by atoms with Crippen LogP contribution in [0, 0.1) is 0 Å². The highest BCUT2D eigenvalue weighted by Gasteiger charge is 2.31. The fraction of sp³-hybridized carbons (Fsp3) is 0.500. The Kier molecular flexibility index (Phi) is 11.2. The lowest BCUT2D eigenvalue weighted by Crippen LogP contribution is -2.51. The van der Waals surface area contributed by atoms with Crippen molar-refractivity contribution < 1.29 is 19.2 Å². The highest BCUT2D eigenvalue weighted by molar-refractivity contribution is 5.89. The summed E-state index contributed by atoms with van der Waals surface area (Å²) in [5.41, 5.74) is 14.9. The summed E-state index contributed by atoms with van der Waals surface area (Å²) in [5.74, 6) is -0.302. The van der Waals surface area contributed by atoms with Gasteiger partial charge in [0.1, 0.15) is 12.1 Å². The average molecular weight is 577 g/mol. The van der Waals surface area contributed by atoms with Crippen LogP contribution < -0.4 is 22.1 Å². The van der Waals surface area contributed by atoms with Crippen molar-refractivity contribution in [1.29, 1.82) is 0 Å². The van der Waals surface area contributed by atoms with Crippen LogP contribution in [0.3, 0.4) is 0 Å². The lowest BCUT2D eigenvalue weighted by Gasteiger charge is -2.32. The zero-order valence-electron chi connectivity index (χ0n) is 24.4. The lowest BCUT2D eigenvalue weighted by molar-refractivity contribution is -0.139. The smallest absolute Gasteiger partial charge is 0.245 e. The molecule has 2 aliphatic heterocycles. The summed E-state index contributed by atoms with van der Waals surface area (Å²) in [7, 11) is 0. The molecule has 10 nitrogen and oxygen atoms in total. The van der Waals surface area contributed by atoms with Crippen molar-refractivity contribution in [2.75, 3.05) is 24.6 Å². The number of carbonyl (C=O) groups excluding carboxylic acids is 4. The van der Waals surface area contributed by atoms with Crippen LogP contribution in [0.25, 0.3) is 0 Å². The first-order valence-corrected chi connectivity index (χ1v) is 15.1. The molecule has 4 rings (SSSR count). The molecule has 2 fully saturated rings. The Balaban J connectivity index is 1.08. The van der Waals surface area contributed by atoms with E-state index in [4.69, 9.17) is 11.5 Å². The van der Waals surface area contributed by atoms with E-state index >= 15 is 0 Å². The van der Waals surface area contributed by atoms with Crippen LogP contribution in [0.15, 0.2) is 48.5 Å². The maximum Gasteiger partial charge on any atom is 0.245 e. The van der Waals surface area contributed by atoms with Gasteiger partial charge in [-0.25, -0.2) is 0 Å². The van der Waals surface area contributed by atoms with Gasteiger partial charge in [0.05, 0.1) is 0 Å². The number of unbranched alkanes of at least 4 members (excludes halogenated alkanes) is 3. The third-order valence-corrected chi connectivity index (χ3v) is 8.00. The summed E-state index contributed by atoms with van der Waals surface area (Å²) in [5, 5.41) is 5.84. The van der Waals surface area contributed by atoms with Gasteiger partial charge in [0.25, 0.3) is 0 Å². The van der Waals surface area contributed by atoms with Crippen LogP contribution in [0.4, 0.5) is 11.4 Å². The number of rotatable bonds is 13. The molecule has 10 heteroatoms. The number of benzene rings is 2. The van der Waals surface area contributed by atoms with Crippen molar-refractivity contribution in [3.8, 4) is 0 Å². The molecule has 0 saturated carbocycles. The van der Waals surface area contributed by atoms with Gasteiger partial charge in [-0.15, -0.1) is 0 Å². The summed E-state index contributed by atoms with van der Waals surface area (Å²) >= 11 is 0. The predicted molar refractivity (Wildman–Crippen MR) is 163 cm³/mol. The number of carbonyl (C=O) groups is 4. The zero-order chi connectivity index (χ0) is 29.9. The highest BCUT2D eigenvalue weighted by atomic mass is 16.2. The Morgan fingerprint density at radius 2 is 1.02 bits per heavy atom. The number of anilines is 2. The second-order valence-corrected chi connectivity index (χ2v) is 11.4. The van der Waals surface area contributed by atoms with Crippen molar-refractivity contribution in [1.82, 2.24) is 20.4 Å². The molecule has 4 amide bonds. The van der Waals surface area contributed by atoms with Crippen LogP contribution in [0.5, 0.6) is 0 Å². The van der Waals surface area contributed by atoms with Crippen LogP contribution in [0.2, 0.25) is 0 Å². The molecule has 6 N–H and O–H groups in total. The van der Waals surface area contributed by atoms with E-state index in [1.54, 1.807) is 9.80 Å². The molecule has 2 atom stereocenters. The number of piperidine rings is 2. The van der Waals surface area contributed by atoms with E-state index < -0.39 is 12.1 Å². The fourth-order valence-electron chi connectivity index (χ4n) is 5.61.